The Kier molecular flexibility index (Phi) is 10.1. The van der Waals surface area contributed by atoms with Crippen LogP contribution in [0, 0.1) is 0 Å². The lowest BCUT2D eigenvalue weighted by Gasteiger charge is -2.50. The third-order valence-corrected chi connectivity index (χ3v) is 15.4. The van der Waals surface area contributed by atoms with Crippen molar-refractivity contribution in [2.24, 2.45) is 0 Å². The first kappa shape index (κ1) is 28.0. The van der Waals surface area contributed by atoms with Gasteiger partial charge in [0.15, 0.2) is 0 Å². The van der Waals surface area contributed by atoms with E-state index >= 15 is 0 Å². The van der Waals surface area contributed by atoms with Gasteiger partial charge in [-0.15, -0.1) is 0 Å². The minimum absolute atomic E-state index is 0.118. The zero-order valence-corrected chi connectivity index (χ0v) is 25.2. The standard InChI is InChI=1S/C27H44NO2Si3/c1-11-27(28(32(5,6)7)33(8,9)10)23(4)30-31(29-12-2)26-20-18-25(19-21-26)22(3)24-16-14-13-15-17-24/h13-21,23,27H,3,11-12H2,1-2,4-10H3. The van der Waals surface area contributed by atoms with Gasteiger partial charge in [-0.25, -0.2) is 0 Å². The molecule has 181 valence electrons. The summed E-state index contributed by atoms with van der Waals surface area (Å²) in [5.41, 5.74) is 3.31. The molecule has 2 aromatic rings. The minimum Gasteiger partial charge on any atom is -0.390 e. The van der Waals surface area contributed by atoms with E-state index in [2.05, 4.69) is 119 Å². The molecular weight excluding hydrogens is 455 g/mol. The minimum atomic E-state index is -1.58. The Morgan fingerprint density at radius 3 is 1.85 bits per heavy atom. The van der Waals surface area contributed by atoms with Crippen molar-refractivity contribution in [3.63, 3.8) is 0 Å². The number of nitrogens with zero attached hydrogens (tertiary/aromatic N) is 1. The molecule has 3 nitrogen and oxygen atoms in total. The van der Waals surface area contributed by atoms with Crippen molar-refractivity contribution >= 4 is 36.5 Å². The Morgan fingerprint density at radius 2 is 1.39 bits per heavy atom. The maximum atomic E-state index is 6.75. The molecule has 0 spiro atoms. The summed E-state index contributed by atoms with van der Waals surface area (Å²) in [5.74, 6) is 0. The highest BCUT2D eigenvalue weighted by molar-refractivity contribution is 6.89. The Labute approximate surface area is 206 Å². The van der Waals surface area contributed by atoms with Crippen molar-refractivity contribution < 1.29 is 8.85 Å². The van der Waals surface area contributed by atoms with Crippen LogP contribution in [0.5, 0.6) is 0 Å². The first-order chi connectivity index (χ1) is 15.4. The third-order valence-electron chi connectivity index (χ3n) is 5.90. The zero-order chi connectivity index (χ0) is 24.8. The Bertz CT molecular complexity index is 859. The molecule has 0 amide bonds. The van der Waals surface area contributed by atoms with Gasteiger partial charge in [-0.2, -0.15) is 0 Å². The van der Waals surface area contributed by atoms with Crippen LogP contribution in [0.3, 0.4) is 0 Å². The second-order valence-corrected chi connectivity index (χ2v) is 22.4. The van der Waals surface area contributed by atoms with Gasteiger partial charge < -0.3 is 13.1 Å². The molecule has 1 radical (unpaired) electrons. The van der Waals surface area contributed by atoms with E-state index in [0.717, 1.165) is 28.3 Å². The topological polar surface area (TPSA) is 21.7 Å². The molecule has 0 aliphatic rings. The molecule has 2 aromatic carbocycles. The van der Waals surface area contributed by atoms with Crippen LogP contribution in [0.4, 0.5) is 0 Å². The van der Waals surface area contributed by atoms with E-state index in [9.17, 15) is 0 Å². The molecule has 0 aromatic heterocycles. The highest BCUT2D eigenvalue weighted by Crippen LogP contribution is 2.28. The maximum absolute atomic E-state index is 6.75. The molecule has 33 heavy (non-hydrogen) atoms. The molecular formula is C27H44NO2Si3. The fourth-order valence-corrected chi connectivity index (χ4v) is 17.3. The van der Waals surface area contributed by atoms with Crippen molar-refractivity contribution in [3.8, 4) is 0 Å². The van der Waals surface area contributed by atoms with Crippen molar-refractivity contribution in [2.45, 2.75) is 78.6 Å². The largest absolute Gasteiger partial charge is 0.423 e. The molecule has 0 heterocycles. The summed E-state index contributed by atoms with van der Waals surface area (Å²) in [7, 11) is -4.57. The van der Waals surface area contributed by atoms with Gasteiger partial charge in [0.2, 0.25) is 0 Å². The van der Waals surface area contributed by atoms with E-state index < -0.39 is 25.8 Å². The second kappa shape index (κ2) is 11.9. The van der Waals surface area contributed by atoms with Gasteiger partial charge in [-0.3, -0.25) is 0 Å². The fourth-order valence-electron chi connectivity index (χ4n) is 4.90. The van der Waals surface area contributed by atoms with Crippen LogP contribution in [0.25, 0.3) is 5.57 Å². The van der Waals surface area contributed by atoms with Crippen LogP contribution < -0.4 is 5.19 Å². The summed E-state index contributed by atoms with van der Waals surface area (Å²) >= 11 is 0. The highest BCUT2D eigenvalue weighted by Gasteiger charge is 2.41. The van der Waals surface area contributed by atoms with E-state index in [-0.39, 0.29) is 6.10 Å². The van der Waals surface area contributed by atoms with Crippen molar-refractivity contribution in [3.05, 3.63) is 72.3 Å². The van der Waals surface area contributed by atoms with Crippen molar-refractivity contribution in [1.29, 1.82) is 0 Å². The van der Waals surface area contributed by atoms with Crippen molar-refractivity contribution in [1.82, 2.24) is 4.23 Å². The van der Waals surface area contributed by atoms with Gasteiger partial charge in [0.1, 0.15) is 16.5 Å². The van der Waals surface area contributed by atoms with Gasteiger partial charge in [0.25, 0.3) is 0 Å². The normalized spacial score (nSPS) is 14.5. The monoisotopic (exact) mass is 498 g/mol. The van der Waals surface area contributed by atoms with E-state index in [1.807, 2.05) is 6.07 Å². The molecule has 0 aliphatic heterocycles. The average Bonchev–Trinajstić information content (AvgIpc) is 2.75. The van der Waals surface area contributed by atoms with Gasteiger partial charge in [-0.05, 0) is 42.2 Å². The molecule has 6 heteroatoms. The quantitative estimate of drug-likeness (QED) is 0.306. The van der Waals surface area contributed by atoms with E-state index in [1.54, 1.807) is 0 Å². The first-order valence-electron chi connectivity index (χ1n) is 12.2. The van der Waals surface area contributed by atoms with Crippen molar-refractivity contribution in [2.75, 3.05) is 6.61 Å². The SMILES string of the molecule is C=C(c1ccccc1)c1ccc([Si](OCC)OC(C)C(CC)N([Si](C)(C)C)[Si](C)(C)C)cc1. The summed E-state index contributed by atoms with van der Waals surface area (Å²) < 4.78 is 15.8. The molecule has 0 aliphatic carbocycles. The molecule has 2 unspecified atom stereocenters. The maximum Gasteiger partial charge on any atom is 0.423 e. The summed E-state index contributed by atoms with van der Waals surface area (Å²) in [5, 5.41) is 1.15. The van der Waals surface area contributed by atoms with E-state index in [4.69, 9.17) is 8.85 Å². The van der Waals surface area contributed by atoms with Gasteiger partial charge >= 0.3 is 9.28 Å². The molecule has 0 bridgehead atoms. The fraction of sp³-hybridized carbons (Fsp3) is 0.481. The lowest BCUT2D eigenvalue weighted by molar-refractivity contribution is 0.110. The predicted octanol–water partition coefficient (Wildman–Crippen LogP) is 6.64. The number of rotatable bonds is 12. The Hall–Kier alpha value is -1.29. The van der Waals surface area contributed by atoms with Crippen LogP contribution >= 0.6 is 0 Å². The van der Waals surface area contributed by atoms with E-state index in [1.165, 1.54) is 0 Å². The van der Waals surface area contributed by atoms with Crippen LogP contribution in [0.15, 0.2) is 61.2 Å². The number of hydrogen-bond donors (Lipinski definition) is 0. The van der Waals surface area contributed by atoms with Crippen LogP contribution in [0.2, 0.25) is 39.3 Å². The lowest BCUT2D eigenvalue weighted by Crippen LogP contribution is -2.66. The molecule has 0 saturated carbocycles. The molecule has 0 saturated heterocycles. The van der Waals surface area contributed by atoms with Gasteiger partial charge in [0, 0.05) is 12.6 Å². The Morgan fingerprint density at radius 1 is 0.879 bits per heavy atom. The van der Waals surface area contributed by atoms with E-state index in [0.29, 0.717) is 12.6 Å². The van der Waals surface area contributed by atoms with Crippen LogP contribution in [-0.4, -0.2) is 48.7 Å². The molecule has 2 rings (SSSR count). The molecule has 0 fully saturated rings. The smallest absolute Gasteiger partial charge is 0.390 e. The highest BCUT2D eigenvalue weighted by atomic mass is 28.4. The second-order valence-electron chi connectivity index (χ2n) is 10.7. The molecule has 0 N–H and O–H groups in total. The third kappa shape index (κ3) is 7.60. The Balaban J connectivity index is 2.24. The number of benzene rings is 2. The summed E-state index contributed by atoms with van der Waals surface area (Å²) in [6.07, 6.45) is 1.21. The summed E-state index contributed by atoms with van der Waals surface area (Å²) in [4.78, 5) is 0. The summed E-state index contributed by atoms with van der Waals surface area (Å²) in [6, 6.07) is 19.4. The average molecular weight is 499 g/mol. The van der Waals surface area contributed by atoms with Crippen LogP contribution in [-0.2, 0) is 8.85 Å². The number of hydrogen-bond acceptors (Lipinski definition) is 3. The zero-order valence-electron chi connectivity index (χ0n) is 22.2. The van der Waals surface area contributed by atoms with Gasteiger partial charge in [-0.1, -0.05) is 107 Å². The molecule has 2 atom stereocenters. The summed E-state index contributed by atoms with van der Waals surface area (Å²) in [6.45, 7) is 26.4. The van der Waals surface area contributed by atoms with Gasteiger partial charge in [0.05, 0.1) is 6.10 Å². The van der Waals surface area contributed by atoms with Crippen LogP contribution in [0.1, 0.15) is 38.3 Å². The lowest BCUT2D eigenvalue weighted by atomic mass is 10.00. The predicted molar refractivity (Wildman–Crippen MR) is 151 cm³/mol. The first-order valence-corrected chi connectivity index (χ1v) is 20.4.